The fourth-order valence-electron chi connectivity index (χ4n) is 2.62. The van der Waals surface area contributed by atoms with E-state index in [0.29, 0.717) is 12.3 Å². The molecule has 5 nitrogen and oxygen atoms in total. The van der Waals surface area contributed by atoms with Crippen LogP contribution in [0.1, 0.15) is 32.6 Å². The molecular formula is C19H25F3N2O3S. The molecule has 0 bridgehead atoms. The van der Waals surface area contributed by atoms with Gasteiger partial charge in [0, 0.05) is 19.3 Å². The third-order valence-corrected chi connectivity index (χ3v) is 5.06. The maximum Gasteiger partial charge on any atom is 0.573 e. The first-order valence-electron chi connectivity index (χ1n) is 9.20. The third-order valence-electron chi connectivity index (χ3n) is 4.03. The number of amides is 1. The van der Waals surface area contributed by atoms with E-state index < -0.39 is 6.36 Å². The van der Waals surface area contributed by atoms with Crippen molar-refractivity contribution < 1.29 is 27.4 Å². The first kappa shape index (κ1) is 22.3. The summed E-state index contributed by atoms with van der Waals surface area (Å²) < 4.78 is 45.5. The van der Waals surface area contributed by atoms with Crippen molar-refractivity contribution in [2.24, 2.45) is 0 Å². The van der Waals surface area contributed by atoms with Crippen molar-refractivity contribution >= 4 is 17.7 Å². The van der Waals surface area contributed by atoms with Crippen LogP contribution in [0.25, 0.3) is 0 Å². The quantitative estimate of drug-likeness (QED) is 0.536. The molecule has 0 spiro atoms. The van der Waals surface area contributed by atoms with Crippen LogP contribution in [-0.4, -0.2) is 42.2 Å². The standard InChI is InChI=1S/C19H25F3N2O3S/c1-2-3-4-5-10-24-11-12-28-18(24)13-23-17(25)14-26-15-6-8-16(9-7-15)27-19(20,21)22/h6-9,11-12,18H,2-5,10,13-14H2,1H3,(H,23,25). The van der Waals surface area contributed by atoms with Gasteiger partial charge in [-0.25, -0.2) is 0 Å². The maximum atomic E-state index is 12.1. The van der Waals surface area contributed by atoms with Crippen LogP contribution in [0.4, 0.5) is 13.2 Å². The van der Waals surface area contributed by atoms with E-state index in [1.165, 1.54) is 31.4 Å². The minimum Gasteiger partial charge on any atom is -0.484 e. The van der Waals surface area contributed by atoms with Gasteiger partial charge in [0.1, 0.15) is 11.5 Å². The van der Waals surface area contributed by atoms with Gasteiger partial charge in [0.2, 0.25) is 0 Å². The van der Waals surface area contributed by atoms with E-state index in [-0.39, 0.29) is 23.6 Å². The number of carbonyl (C=O) groups is 1. The summed E-state index contributed by atoms with van der Waals surface area (Å²) in [6.45, 7) is 3.43. The van der Waals surface area contributed by atoms with E-state index in [2.05, 4.69) is 28.1 Å². The van der Waals surface area contributed by atoms with Crippen molar-refractivity contribution in [3.05, 3.63) is 35.9 Å². The molecule has 0 saturated heterocycles. The Balaban J connectivity index is 1.67. The van der Waals surface area contributed by atoms with Crippen molar-refractivity contribution in [3.63, 3.8) is 0 Å². The molecule has 1 aliphatic heterocycles. The van der Waals surface area contributed by atoms with Gasteiger partial charge < -0.3 is 19.7 Å². The first-order chi connectivity index (χ1) is 13.4. The summed E-state index contributed by atoms with van der Waals surface area (Å²) in [6, 6.07) is 4.92. The van der Waals surface area contributed by atoms with E-state index in [9.17, 15) is 18.0 Å². The Hall–Kier alpha value is -2.03. The predicted octanol–water partition coefficient (Wildman–Crippen LogP) is 4.51. The summed E-state index contributed by atoms with van der Waals surface area (Å²) in [4.78, 5) is 14.2. The normalized spacial score (nSPS) is 16.3. The Morgan fingerprint density at radius 2 is 1.89 bits per heavy atom. The van der Waals surface area contributed by atoms with Crippen molar-refractivity contribution in [2.45, 2.75) is 44.3 Å². The van der Waals surface area contributed by atoms with Crippen molar-refractivity contribution in [2.75, 3.05) is 19.7 Å². The molecule has 1 atom stereocenters. The molecule has 156 valence electrons. The summed E-state index contributed by atoms with van der Waals surface area (Å²) in [5.74, 6) is -0.331. The average Bonchev–Trinajstić information content (AvgIpc) is 3.09. The predicted molar refractivity (Wildman–Crippen MR) is 103 cm³/mol. The van der Waals surface area contributed by atoms with E-state index in [1.54, 1.807) is 11.8 Å². The second-order valence-electron chi connectivity index (χ2n) is 6.29. The number of nitrogens with zero attached hydrogens (tertiary/aromatic N) is 1. The summed E-state index contributed by atoms with van der Waals surface area (Å²) in [6.07, 6.45) is 2.06. The Morgan fingerprint density at radius 1 is 1.18 bits per heavy atom. The van der Waals surface area contributed by atoms with Crippen molar-refractivity contribution in [1.29, 1.82) is 0 Å². The highest BCUT2D eigenvalue weighted by molar-refractivity contribution is 8.02. The average molecular weight is 418 g/mol. The van der Waals surface area contributed by atoms with Crippen molar-refractivity contribution in [3.8, 4) is 11.5 Å². The monoisotopic (exact) mass is 418 g/mol. The third kappa shape index (κ3) is 8.33. The number of unbranched alkanes of at least 4 members (excludes halogenated alkanes) is 3. The number of hydrogen-bond donors (Lipinski definition) is 1. The van der Waals surface area contributed by atoms with Crippen LogP contribution in [0.3, 0.4) is 0 Å². The van der Waals surface area contributed by atoms with Crippen LogP contribution in [-0.2, 0) is 4.79 Å². The lowest BCUT2D eigenvalue weighted by Crippen LogP contribution is -2.39. The Morgan fingerprint density at radius 3 is 2.57 bits per heavy atom. The van der Waals surface area contributed by atoms with Gasteiger partial charge in [0.15, 0.2) is 6.61 Å². The van der Waals surface area contributed by atoms with Gasteiger partial charge in [-0.3, -0.25) is 4.79 Å². The van der Waals surface area contributed by atoms with E-state index in [1.807, 2.05) is 5.41 Å². The molecule has 28 heavy (non-hydrogen) atoms. The molecule has 0 radical (unpaired) electrons. The number of rotatable bonds is 11. The fraction of sp³-hybridized carbons (Fsp3) is 0.526. The minimum absolute atomic E-state index is 0.171. The number of ether oxygens (including phenoxy) is 2. The smallest absolute Gasteiger partial charge is 0.484 e. The second-order valence-corrected chi connectivity index (χ2v) is 7.37. The SMILES string of the molecule is CCCCCCN1C=CSC1CNC(=O)COc1ccc(OC(F)(F)F)cc1. The number of benzene rings is 1. The zero-order valence-corrected chi connectivity index (χ0v) is 16.5. The molecule has 1 unspecified atom stereocenters. The molecule has 1 amide bonds. The van der Waals surface area contributed by atoms with E-state index in [4.69, 9.17) is 4.74 Å². The number of hydrogen-bond acceptors (Lipinski definition) is 5. The zero-order chi connectivity index (χ0) is 20.4. The minimum atomic E-state index is -4.74. The van der Waals surface area contributed by atoms with Crippen LogP contribution in [0, 0.1) is 0 Å². The number of thioether (sulfide) groups is 1. The summed E-state index contributed by atoms with van der Waals surface area (Å²) >= 11 is 1.66. The summed E-state index contributed by atoms with van der Waals surface area (Å²) in [5.41, 5.74) is 0. The molecule has 0 saturated carbocycles. The van der Waals surface area contributed by atoms with Gasteiger partial charge in [-0.1, -0.05) is 26.2 Å². The number of halogens is 3. The Labute approximate surface area is 167 Å². The highest BCUT2D eigenvalue weighted by Crippen LogP contribution is 2.26. The van der Waals surface area contributed by atoms with Crippen LogP contribution >= 0.6 is 11.8 Å². The molecule has 0 fully saturated rings. The van der Waals surface area contributed by atoms with Gasteiger partial charge in [0.05, 0.1) is 5.37 Å². The molecule has 9 heteroatoms. The Kier molecular flexibility index (Phi) is 8.82. The van der Waals surface area contributed by atoms with Gasteiger partial charge in [-0.15, -0.1) is 24.9 Å². The highest BCUT2D eigenvalue weighted by atomic mass is 32.2. The Bertz CT molecular complexity index is 638. The molecule has 1 heterocycles. The number of nitrogens with one attached hydrogen (secondary N) is 1. The maximum absolute atomic E-state index is 12.1. The summed E-state index contributed by atoms with van der Waals surface area (Å²) in [5, 5.41) is 5.03. The lowest BCUT2D eigenvalue weighted by molar-refractivity contribution is -0.274. The molecule has 1 aromatic rings. The van der Waals surface area contributed by atoms with Crippen LogP contribution in [0.15, 0.2) is 35.9 Å². The topological polar surface area (TPSA) is 50.8 Å². The van der Waals surface area contributed by atoms with Gasteiger partial charge >= 0.3 is 6.36 Å². The molecular weight excluding hydrogens is 393 g/mol. The molecule has 0 aromatic heterocycles. The van der Waals surface area contributed by atoms with E-state index >= 15 is 0 Å². The lowest BCUT2D eigenvalue weighted by Gasteiger charge is -2.25. The molecule has 1 aliphatic rings. The second kappa shape index (κ2) is 11.1. The van der Waals surface area contributed by atoms with Crippen LogP contribution < -0.4 is 14.8 Å². The van der Waals surface area contributed by atoms with Gasteiger partial charge in [-0.2, -0.15) is 0 Å². The van der Waals surface area contributed by atoms with Crippen molar-refractivity contribution in [1.82, 2.24) is 10.2 Å². The zero-order valence-electron chi connectivity index (χ0n) is 15.7. The molecule has 0 aliphatic carbocycles. The van der Waals surface area contributed by atoms with Crippen LogP contribution in [0.5, 0.6) is 11.5 Å². The number of carbonyl (C=O) groups excluding carboxylic acids is 1. The van der Waals surface area contributed by atoms with Crippen LogP contribution in [0.2, 0.25) is 0 Å². The summed E-state index contributed by atoms with van der Waals surface area (Å²) in [7, 11) is 0. The first-order valence-corrected chi connectivity index (χ1v) is 10.1. The molecule has 2 rings (SSSR count). The van der Waals surface area contributed by atoms with E-state index in [0.717, 1.165) is 25.1 Å². The highest BCUT2D eigenvalue weighted by Gasteiger charge is 2.31. The number of alkyl halides is 3. The molecule has 1 N–H and O–H groups in total. The fourth-order valence-corrected chi connectivity index (χ4v) is 3.54. The van der Waals surface area contributed by atoms with Gasteiger partial charge in [-0.05, 0) is 36.1 Å². The largest absolute Gasteiger partial charge is 0.573 e. The molecule has 1 aromatic carbocycles. The lowest BCUT2D eigenvalue weighted by atomic mass is 10.2. The van der Waals surface area contributed by atoms with Gasteiger partial charge in [0.25, 0.3) is 5.91 Å².